The quantitative estimate of drug-likeness (QED) is 0.920. The van der Waals surface area contributed by atoms with Crippen LogP contribution in [0.15, 0.2) is 42.6 Å². The van der Waals surface area contributed by atoms with Crippen molar-refractivity contribution in [2.24, 2.45) is 0 Å². The van der Waals surface area contributed by atoms with Gasteiger partial charge in [-0.2, -0.15) is 0 Å². The maximum Gasteiger partial charge on any atom is 0.252 e. The maximum atomic E-state index is 12.1. The van der Waals surface area contributed by atoms with Crippen LogP contribution in [0.1, 0.15) is 28.8 Å². The Morgan fingerprint density at radius 1 is 1.36 bits per heavy atom. The van der Waals surface area contributed by atoms with Crippen molar-refractivity contribution < 1.29 is 14.3 Å². The molecule has 5 nitrogen and oxygen atoms in total. The Bertz CT molecular complexity index is 655. The number of fused-ring (bicyclic) bond motifs is 1. The van der Waals surface area contributed by atoms with Gasteiger partial charge in [-0.25, -0.2) is 4.98 Å². The number of nitrogens with zero attached hydrogens (tertiary/aromatic N) is 1. The second kappa shape index (κ2) is 6.47. The Morgan fingerprint density at radius 2 is 2.23 bits per heavy atom. The second-order valence-corrected chi connectivity index (χ2v) is 5.07. The summed E-state index contributed by atoms with van der Waals surface area (Å²) in [6, 6.07) is 11.3. The predicted molar refractivity (Wildman–Crippen MR) is 82.4 cm³/mol. The number of benzene rings is 1. The number of rotatable bonds is 5. The van der Waals surface area contributed by atoms with Crippen molar-refractivity contribution in [2.45, 2.75) is 12.8 Å². The van der Waals surface area contributed by atoms with Crippen LogP contribution >= 0.6 is 0 Å². The molecule has 1 amide bonds. The van der Waals surface area contributed by atoms with Gasteiger partial charge in [0.1, 0.15) is 5.75 Å². The molecule has 22 heavy (non-hydrogen) atoms. The molecule has 114 valence electrons. The Labute approximate surface area is 129 Å². The van der Waals surface area contributed by atoms with Crippen LogP contribution in [0.3, 0.4) is 0 Å². The lowest BCUT2D eigenvalue weighted by molar-refractivity contribution is 0.0949. The summed E-state index contributed by atoms with van der Waals surface area (Å²) < 4.78 is 10.9. The van der Waals surface area contributed by atoms with Crippen molar-refractivity contribution in [3.8, 4) is 11.6 Å². The molecule has 1 N–H and O–H groups in total. The van der Waals surface area contributed by atoms with Crippen LogP contribution in [-0.4, -0.2) is 30.6 Å². The molecule has 2 heterocycles. The van der Waals surface area contributed by atoms with Gasteiger partial charge in [-0.3, -0.25) is 4.79 Å². The average molecular weight is 298 g/mol. The molecule has 3 rings (SSSR count). The fourth-order valence-corrected chi connectivity index (χ4v) is 2.46. The highest BCUT2D eigenvalue weighted by Crippen LogP contribution is 2.32. The van der Waals surface area contributed by atoms with Crippen molar-refractivity contribution in [2.75, 3.05) is 19.8 Å². The van der Waals surface area contributed by atoms with E-state index in [9.17, 15) is 4.79 Å². The second-order valence-electron chi connectivity index (χ2n) is 5.07. The van der Waals surface area contributed by atoms with Gasteiger partial charge in [-0.15, -0.1) is 0 Å². The third-order valence-electron chi connectivity index (χ3n) is 3.60. The van der Waals surface area contributed by atoms with Crippen LogP contribution in [0.5, 0.6) is 11.6 Å². The summed E-state index contributed by atoms with van der Waals surface area (Å²) in [5, 5.41) is 2.93. The lowest BCUT2D eigenvalue weighted by atomic mass is 10.0. The highest BCUT2D eigenvalue weighted by molar-refractivity contribution is 5.93. The first kappa shape index (κ1) is 14.4. The molecule has 0 saturated heterocycles. The molecule has 0 aliphatic carbocycles. The summed E-state index contributed by atoms with van der Waals surface area (Å²) >= 11 is 0. The fraction of sp³-hybridized carbons (Fsp3) is 0.294. The molecule has 1 aromatic heterocycles. The first-order chi connectivity index (χ1) is 10.8. The minimum atomic E-state index is -0.139. The highest BCUT2D eigenvalue weighted by Gasteiger charge is 2.24. The third-order valence-corrected chi connectivity index (χ3v) is 3.60. The number of carbonyl (C=O) groups excluding carboxylic acids is 1. The van der Waals surface area contributed by atoms with Crippen LogP contribution < -0.4 is 14.8 Å². The largest absolute Gasteiger partial charge is 0.493 e. The Hall–Kier alpha value is -2.56. The lowest BCUT2D eigenvalue weighted by Gasteiger charge is -2.10. The monoisotopic (exact) mass is 298 g/mol. The predicted octanol–water partition coefficient (Wildman–Crippen LogP) is 2.39. The Kier molecular flexibility index (Phi) is 4.23. The van der Waals surface area contributed by atoms with Crippen molar-refractivity contribution in [3.63, 3.8) is 0 Å². The van der Waals surface area contributed by atoms with E-state index in [1.165, 1.54) is 6.20 Å². The molecular weight excluding hydrogens is 280 g/mol. The number of hydrogen-bond donors (Lipinski definition) is 1. The molecular formula is C17H18N2O3. The summed E-state index contributed by atoms with van der Waals surface area (Å²) in [7, 11) is 0. The SMILES string of the molecule is CCOc1ccc(C(=O)NCC2COc3ccccc32)cn1. The minimum absolute atomic E-state index is 0.139. The van der Waals surface area contributed by atoms with E-state index in [1.807, 2.05) is 31.2 Å². The molecule has 0 bridgehead atoms. The van der Waals surface area contributed by atoms with Crippen molar-refractivity contribution in [3.05, 3.63) is 53.7 Å². The van der Waals surface area contributed by atoms with E-state index >= 15 is 0 Å². The number of carbonyl (C=O) groups is 1. The molecule has 0 fully saturated rings. The third kappa shape index (κ3) is 3.03. The van der Waals surface area contributed by atoms with Gasteiger partial charge in [0.2, 0.25) is 5.88 Å². The topological polar surface area (TPSA) is 60.5 Å². The van der Waals surface area contributed by atoms with Crippen molar-refractivity contribution in [1.29, 1.82) is 0 Å². The number of para-hydroxylation sites is 1. The summed E-state index contributed by atoms with van der Waals surface area (Å²) in [6.45, 7) is 3.59. The van der Waals surface area contributed by atoms with Crippen molar-refractivity contribution in [1.82, 2.24) is 10.3 Å². The molecule has 1 atom stereocenters. The first-order valence-corrected chi connectivity index (χ1v) is 7.36. The molecule has 5 heteroatoms. The van der Waals surface area contributed by atoms with Gasteiger partial charge in [0.15, 0.2) is 0 Å². The van der Waals surface area contributed by atoms with Gasteiger partial charge < -0.3 is 14.8 Å². The van der Waals surface area contributed by atoms with E-state index in [0.29, 0.717) is 31.2 Å². The summed E-state index contributed by atoms with van der Waals surface area (Å²) in [5.74, 6) is 1.48. The summed E-state index contributed by atoms with van der Waals surface area (Å²) in [6.07, 6.45) is 1.53. The number of hydrogen-bond acceptors (Lipinski definition) is 4. The smallest absolute Gasteiger partial charge is 0.252 e. The number of aromatic nitrogens is 1. The Morgan fingerprint density at radius 3 is 3.00 bits per heavy atom. The first-order valence-electron chi connectivity index (χ1n) is 7.36. The molecule has 0 saturated carbocycles. The lowest BCUT2D eigenvalue weighted by Crippen LogP contribution is -2.29. The van der Waals surface area contributed by atoms with Gasteiger partial charge in [0.25, 0.3) is 5.91 Å². The summed E-state index contributed by atoms with van der Waals surface area (Å²) in [5.41, 5.74) is 1.67. The number of pyridine rings is 1. The van der Waals surface area contributed by atoms with E-state index in [1.54, 1.807) is 12.1 Å². The van der Waals surface area contributed by atoms with Crippen LogP contribution in [0.2, 0.25) is 0 Å². The van der Waals surface area contributed by atoms with Crippen LogP contribution in [0.4, 0.5) is 0 Å². The van der Waals surface area contributed by atoms with Crippen molar-refractivity contribution >= 4 is 5.91 Å². The van der Waals surface area contributed by atoms with Gasteiger partial charge in [-0.05, 0) is 19.1 Å². The van der Waals surface area contributed by atoms with E-state index < -0.39 is 0 Å². The standard InChI is InChI=1S/C17H18N2O3/c1-2-21-16-8-7-12(9-18-16)17(20)19-10-13-11-22-15-6-4-3-5-14(13)15/h3-9,13H,2,10-11H2,1H3,(H,19,20). The van der Waals surface area contributed by atoms with Crippen LogP contribution in [-0.2, 0) is 0 Å². The molecule has 1 aromatic carbocycles. The van der Waals surface area contributed by atoms with E-state index in [2.05, 4.69) is 10.3 Å². The number of ether oxygens (including phenoxy) is 2. The molecule has 0 spiro atoms. The van der Waals surface area contributed by atoms with Gasteiger partial charge in [-0.1, -0.05) is 18.2 Å². The minimum Gasteiger partial charge on any atom is -0.493 e. The van der Waals surface area contributed by atoms with Gasteiger partial charge in [0, 0.05) is 30.3 Å². The van der Waals surface area contributed by atoms with E-state index in [4.69, 9.17) is 9.47 Å². The molecule has 1 aliphatic heterocycles. The van der Waals surface area contributed by atoms with Gasteiger partial charge >= 0.3 is 0 Å². The molecule has 0 radical (unpaired) electrons. The highest BCUT2D eigenvalue weighted by atomic mass is 16.5. The fourth-order valence-electron chi connectivity index (χ4n) is 2.46. The van der Waals surface area contributed by atoms with Crippen LogP contribution in [0.25, 0.3) is 0 Å². The zero-order chi connectivity index (χ0) is 15.4. The molecule has 1 aliphatic rings. The summed E-state index contributed by atoms with van der Waals surface area (Å²) in [4.78, 5) is 16.2. The molecule has 2 aromatic rings. The van der Waals surface area contributed by atoms with Gasteiger partial charge in [0.05, 0.1) is 18.8 Å². The maximum absolute atomic E-state index is 12.1. The zero-order valence-electron chi connectivity index (χ0n) is 12.4. The van der Waals surface area contributed by atoms with E-state index in [-0.39, 0.29) is 11.8 Å². The number of nitrogens with one attached hydrogen (secondary N) is 1. The zero-order valence-corrected chi connectivity index (χ0v) is 12.4. The average Bonchev–Trinajstić information content (AvgIpc) is 2.97. The Balaban J connectivity index is 1.59. The number of amides is 1. The van der Waals surface area contributed by atoms with E-state index in [0.717, 1.165) is 11.3 Å². The molecule has 1 unspecified atom stereocenters. The normalized spacial score (nSPS) is 15.8. The van der Waals surface area contributed by atoms with Crippen LogP contribution in [0, 0.1) is 0 Å².